The fourth-order valence-electron chi connectivity index (χ4n) is 2.78. The minimum absolute atomic E-state index is 0.216. The van der Waals surface area contributed by atoms with Crippen molar-refractivity contribution >= 4 is 35.4 Å². The average molecular weight is 424 g/mol. The molecule has 0 amide bonds. The molecule has 0 saturated carbocycles. The van der Waals surface area contributed by atoms with E-state index in [9.17, 15) is 0 Å². The number of halogens is 2. The summed E-state index contributed by atoms with van der Waals surface area (Å²) >= 11 is 17.6. The van der Waals surface area contributed by atoms with Crippen molar-refractivity contribution in [2.45, 2.75) is 13.2 Å². The maximum atomic E-state index is 6.26. The molecule has 6 nitrogen and oxygen atoms in total. The maximum Gasteiger partial charge on any atom is 0.288 e. The van der Waals surface area contributed by atoms with Crippen molar-refractivity contribution in [1.29, 1.82) is 0 Å². The lowest BCUT2D eigenvalue weighted by Crippen LogP contribution is -2.22. The van der Waals surface area contributed by atoms with E-state index in [2.05, 4.69) is 5.10 Å². The molecule has 140 valence electrons. The van der Waals surface area contributed by atoms with Crippen LogP contribution in [0, 0.1) is 4.84 Å². The summed E-state index contributed by atoms with van der Waals surface area (Å²) < 4.78 is 18.0. The molecule has 0 aliphatic carbocycles. The molecule has 0 atom stereocenters. The summed E-state index contributed by atoms with van der Waals surface area (Å²) in [5, 5.41) is 5.56. The Kier molecular flexibility index (Phi) is 5.10. The Balaban J connectivity index is 1.52. The third kappa shape index (κ3) is 3.82. The van der Waals surface area contributed by atoms with E-state index in [1.807, 2.05) is 42.3 Å². The van der Waals surface area contributed by atoms with Crippen molar-refractivity contribution in [2.75, 3.05) is 13.8 Å². The number of hydrogen-bond acceptors (Lipinski definition) is 6. The summed E-state index contributed by atoms with van der Waals surface area (Å²) in [6.07, 6.45) is 0. The monoisotopic (exact) mass is 423 g/mol. The lowest BCUT2D eigenvalue weighted by atomic mass is 10.2. The lowest BCUT2D eigenvalue weighted by molar-refractivity contribution is 0.174. The number of ether oxygens (including phenoxy) is 2. The van der Waals surface area contributed by atoms with Crippen molar-refractivity contribution in [2.24, 2.45) is 0 Å². The normalized spacial score (nSPS) is 12.7. The van der Waals surface area contributed by atoms with Gasteiger partial charge >= 0.3 is 0 Å². The van der Waals surface area contributed by atoms with E-state index < -0.39 is 0 Å². The highest BCUT2D eigenvalue weighted by molar-refractivity contribution is 7.71. The molecule has 2 heterocycles. The van der Waals surface area contributed by atoms with Gasteiger partial charge in [0, 0.05) is 12.1 Å². The molecular weight excluding hydrogens is 409 g/mol. The van der Waals surface area contributed by atoms with Gasteiger partial charge in [-0.15, -0.1) is 5.10 Å². The van der Waals surface area contributed by atoms with Gasteiger partial charge in [0.05, 0.1) is 16.7 Å². The second-order valence-corrected chi connectivity index (χ2v) is 7.24. The van der Waals surface area contributed by atoms with E-state index in [4.69, 9.17) is 49.3 Å². The van der Waals surface area contributed by atoms with Crippen LogP contribution >= 0.6 is 35.4 Å². The van der Waals surface area contributed by atoms with E-state index in [0.717, 1.165) is 11.1 Å². The molecule has 0 N–H and O–H groups in total. The van der Waals surface area contributed by atoms with Crippen LogP contribution in [0.1, 0.15) is 5.56 Å². The van der Waals surface area contributed by atoms with Crippen molar-refractivity contribution in [1.82, 2.24) is 14.7 Å². The van der Waals surface area contributed by atoms with Gasteiger partial charge in [-0.1, -0.05) is 35.3 Å². The van der Waals surface area contributed by atoms with E-state index in [0.29, 0.717) is 40.6 Å². The minimum atomic E-state index is 0.216. The number of rotatable bonds is 5. The van der Waals surface area contributed by atoms with E-state index >= 15 is 0 Å². The van der Waals surface area contributed by atoms with Crippen LogP contribution in [0.15, 0.2) is 40.8 Å². The predicted octanol–water partition coefficient (Wildman–Crippen LogP) is 5.00. The van der Waals surface area contributed by atoms with Gasteiger partial charge in [0.1, 0.15) is 0 Å². The Labute approximate surface area is 170 Å². The number of fused-ring (bicyclic) bond motifs is 1. The average Bonchev–Trinajstić information content (AvgIpc) is 3.25. The molecule has 3 aromatic rings. The molecule has 2 aromatic carbocycles. The van der Waals surface area contributed by atoms with Gasteiger partial charge in [0.15, 0.2) is 11.5 Å². The topological polar surface area (TPSA) is 52.7 Å². The molecule has 4 rings (SSSR count). The smallest absolute Gasteiger partial charge is 0.288 e. The zero-order valence-corrected chi connectivity index (χ0v) is 16.6. The predicted molar refractivity (Wildman–Crippen MR) is 105 cm³/mol. The molecule has 0 unspecified atom stereocenters. The van der Waals surface area contributed by atoms with Crippen molar-refractivity contribution in [3.63, 3.8) is 0 Å². The van der Waals surface area contributed by atoms with Gasteiger partial charge in [0.2, 0.25) is 12.7 Å². The Morgan fingerprint density at radius 2 is 2.00 bits per heavy atom. The minimum Gasteiger partial charge on any atom is -0.454 e. The molecule has 27 heavy (non-hydrogen) atoms. The van der Waals surface area contributed by atoms with Crippen LogP contribution in [0.2, 0.25) is 10.0 Å². The highest BCUT2D eigenvalue weighted by Gasteiger charge is 2.17. The summed E-state index contributed by atoms with van der Waals surface area (Å²) in [5.41, 5.74) is 1.70. The quantitative estimate of drug-likeness (QED) is 0.538. The number of benzene rings is 2. The summed E-state index contributed by atoms with van der Waals surface area (Å²) in [6, 6.07) is 11.1. The first kappa shape index (κ1) is 18.3. The van der Waals surface area contributed by atoms with E-state index in [1.165, 1.54) is 0 Å². The first-order valence-corrected chi connectivity index (χ1v) is 9.27. The molecule has 0 saturated heterocycles. The van der Waals surface area contributed by atoms with Crippen LogP contribution in [0.25, 0.3) is 11.5 Å². The fourth-order valence-corrected chi connectivity index (χ4v) is 3.34. The van der Waals surface area contributed by atoms with E-state index in [1.54, 1.807) is 10.7 Å². The van der Waals surface area contributed by atoms with Crippen molar-refractivity contribution < 1.29 is 13.9 Å². The molecule has 0 radical (unpaired) electrons. The van der Waals surface area contributed by atoms with Gasteiger partial charge in [-0.2, -0.15) is 0 Å². The van der Waals surface area contributed by atoms with Gasteiger partial charge in [-0.05, 0) is 49.1 Å². The van der Waals surface area contributed by atoms with Crippen LogP contribution in [0.3, 0.4) is 0 Å². The van der Waals surface area contributed by atoms with Gasteiger partial charge < -0.3 is 13.9 Å². The van der Waals surface area contributed by atoms with E-state index in [-0.39, 0.29) is 11.6 Å². The summed E-state index contributed by atoms with van der Waals surface area (Å²) in [6.45, 7) is 1.25. The first-order chi connectivity index (χ1) is 13.0. The summed E-state index contributed by atoms with van der Waals surface area (Å²) in [7, 11) is 1.94. The zero-order chi connectivity index (χ0) is 19.0. The van der Waals surface area contributed by atoms with Crippen LogP contribution in [-0.2, 0) is 13.2 Å². The molecule has 1 aliphatic rings. The Hall–Kier alpha value is -2.06. The van der Waals surface area contributed by atoms with Gasteiger partial charge in [-0.25, -0.2) is 4.68 Å². The van der Waals surface area contributed by atoms with Crippen molar-refractivity contribution in [3.8, 4) is 23.0 Å². The molecule has 0 fully saturated rings. The van der Waals surface area contributed by atoms with Crippen molar-refractivity contribution in [3.05, 3.63) is 56.8 Å². The molecular formula is C18H15Cl2N3O3S. The Morgan fingerprint density at radius 1 is 1.19 bits per heavy atom. The van der Waals surface area contributed by atoms with Crippen LogP contribution in [0.5, 0.6) is 11.5 Å². The van der Waals surface area contributed by atoms with Crippen LogP contribution in [0.4, 0.5) is 0 Å². The third-order valence-electron chi connectivity index (χ3n) is 4.07. The lowest BCUT2D eigenvalue weighted by Gasteiger charge is -2.17. The maximum absolute atomic E-state index is 6.26. The zero-order valence-electron chi connectivity index (χ0n) is 14.3. The number of aromatic nitrogens is 2. The first-order valence-electron chi connectivity index (χ1n) is 8.10. The highest BCUT2D eigenvalue weighted by Crippen LogP contribution is 2.35. The highest BCUT2D eigenvalue weighted by atomic mass is 35.5. The SMILES string of the molecule is CN(Cc1cccc(Cl)c1Cl)Cn1nc(-c2ccc3c(c2)OCO3)oc1=S. The number of hydrogen-bond donors (Lipinski definition) is 0. The second kappa shape index (κ2) is 7.52. The standard InChI is InChI=1S/C18H15Cl2N3O3S/c1-22(8-12-3-2-4-13(19)16(12)20)9-23-18(27)26-17(21-23)11-5-6-14-15(7-11)25-10-24-14/h2-7H,8-10H2,1H3. The van der Waals surface area contributed by atoms with Gasteiger partial charge in [-0.3, -0.25) is 4.90 Å². The van der Waals surface area contributed by atoms with Crippen LogP contribution < -0.4 is 9.47 Å². The van der Waals surface area contributed by atoms with Gasteiger partial charge in [0.25, 0.3) is 4.84 Å². The molecule has 9 heteroatoms. The Bertz CT molecular complexity index is 1050. The Morgan fingerprint density at radius 3 is 2.85 bits per heavy atom. The molecule has 0 spiro atoms. The number of nitrogens with zero attached hydrogens (tertiary/aromatic N) is 3. The molecule has 1 aliphatic heterocycles. The summed E-state index contributed by atoms with van der Waals surface area (Å²) in [5.74, 6) is 1.79. The second-order valence-electron chi connectivity index (χ2n) is 6.11. The molecule has 1 aromatic heterocycles. The fraction of sp³-hybridized carbons (Fsp3) is 0.222. The summed E-state index contributed by atoms with van der Waals surface area (Å²) in [4.78, 5) is 2.30. The van der Waals surface area contributed by atoms with Crippen LogP contribution in [-0.4, -0.2) is 28.5 Å². The third-order valence-corrected chi connectivity index (χ3v) is 5.23. The largest absolute Gasteiger partial charge is 0.454 e. The molecule has 0 bridgehead atoms.